The number of para-hydroxylation sites is 1. The van der Waals surface area contributed by atoms with Crippen molar-refractivity contribution in [2.45, 2.75) is 38.6 Å². The molecular weight excluding hydrogens is 503 g/mol. The maximum absolute atomic E-state index is 14.0. The highest BCUT2D eigenvalue weighted by molar-refractivity contribution is 5.89. The van der Waals surface area contributed by atoms with Crippen molar-refractivity contribution in [3.63, 3.8) is 0 Å². The Hall–Kier alpha value is -3.91. The third-order valence-electron chi connectivity index (χ3n) is 8.48. The normalized spacial score (nSPS) is 17.1. The molecule has 4 heterocycles. The first-order valence-electron chi connectivity index (χ1n) is 14.3. The topological polar surface area (TPSA) is 56.1 Å². The molecule has 6 rings (SSSR count). The van der Waals surface area contributed by atoms with E-state index in [1.54, 1.807) is 23.1 Å². The number of amides is 2. The van der Waals surface area contributed by atoms with Crippen LogP contribution in [0.2, 0.25) is 0 Å². The van der Waals surface area contributed by atoms with Gasteiger partial charge in [0.1, 0.15) is 5.82 Å². The number of hydrogen-bond donors (Lipinski definition) is 1. The minimum Gasteiger partial charge on any atom is -0.366 e. The van der Waals surface area contributed by atoms with Gasteiger partial charge in [0.25, 0.3) is 0 Å². The highest BCUT2D eigenvalue weighted by atomic mass is 19.1. The Labute approximate surface area is 235 Å². The lowest BCUT2D eigenvalue weighted by Gasteiger charge is -2.36. The molecule has 4 aromatic rings. The van der Waals surface area contributed by atoms with Gasteiger partial charge in [0.05, 0.1) is 16.9 Å². The van der Waals surface area contributed by atoms with Gasteiger partial charge in [0.15, 0.2) is 0 Å². The molecule has 0 bridgehead atoms. The molecule has 2 aliphatic heterocycles. The van der Waals surface area contributed by atoms with E-state index in [1.165, 1.54) is 43.1 Å². The molecule has 0 radical (unpaired) electrons. The molecule has 2 aromatic heterocycles. The van der Waals surface area contributed by atoms with Gasteiger partial charge in [-0.2, -0.15) is 5.10 Å². The van der Waals surface area contributed by atoms with E-state index < -0.39 is 5.82 Å². The van der Waals surface area contributed by atoms with E-state index in [-0.39, 0.29) is 11.7 Å². The van der Waals surface area contributed by atoms with Crippen LogP contribution in [-0.2, 0) is 0 Å². The zero-order chi connectivity index (χ0) is 27.6. The molecule has 2 fully saturated rings. The number of hydrogen-bond acceptors (Lipinski definition) is 4. The summed E-state index contributed by atoms with van der Waals surface area (Å²) in [5, 5.41) is 7.26. The van der Waals surface area contributed by atoms with E-state index in [0.717, 1.165) is 16.8 Å². The Kier molecular flexibility index (Phi) is 7.43. The smallest absolute Gasteiger partial charge is 0.322 e. The Balaban J connectivity index is 1.12. The Morgan fingerprint density at radius 2 is 1.65 bits per heavy atom. The van der Waals surface area contributed by atoms with Gasteiger partial charge in [-0.1, -0.05) is 36.4 Å². The second-order valence-corrected chi connectivity index (χ2v) is 11.2. The van der Waals surface area contributed by atoms with Crippen molar-refractivity contribution < 1.29 is 9.18 Å². The van der Waals surface area contributed by atoms with E-state index in [1.807, 2.05) is 16.8 Å². The van der Waals surface area contributed by atoms with Gasteiger partial charge in [-0.25, -0.2) is 13.7 Å². The third kappa shape index (κ3) is 5.41. The predicted molar refractivity (Wildman–Crippen MR) is 159 cm³/mol. The summed E-state index contributed by atoms with van der Waals surface area (Å²) >= 11 is 0. The molecule has 2 saturated heterocycles. The molecule has 2 amide bonds. The van der Waals surface area contributed by atoms with Gasteiger partial charge in [-0.3, -0.25) is 0 Å². The molecule has 7 nitrogen and oxygen atoms in total. The van der Waals surface area contributed by atoms with Crippen molar-refractivity contribution in [3.8, 4) is 11.1 Å². The van der Waals surface area contributed by atoms with Crippen LogP contribution in [0.3, 0.4) is 0 Å². The number of halogens is 1. The first-order valence-corrected chi connectivity index (χ1v) is 14.3. The van der Waals surface area contributed by atoms with Crippen LogP contribution in [0, 0.1) is 5.82 Å². The zero-order valence-corrected chi connectivity index (χ0v) is 23.3. The number of nitrogens with one attached hydrogen (secondary N) is 1. The molecule has 8 heteroatoms. The number of anilines is 2. The van der Waals surface area contributed by atoms with Gasteiger partial charge >= 0.3 is 6.03 Å². The third-order valence-corrected chi connectivity index (χ3v) is 8.48. The average Bonchev–Trinajstić information content (AvgIpc) is 3.43. The summed E-state index contributed by atoms with van der Waals surface area (Å²) in [5.41, 5.74) is 6.12. The SMILES string of the molecule is CC(C)N1CCC(c2ccc(-c3cc4c(N5CCN(C(=O)Nc6ccccc6F)CC5)ccnn4c3)cc2)CC1. The van der Waals surface area contributed by atoms with Crippen LogP contribution in [0.5, 0.6) is 0 Å². The van der Waals surface area contributed by atoms with E-state index >= 15 is 0 Å². The molecule has 1 N–H and O–H groups in total. The summed E-state index contributed by atoms with van der Waals surface area (Å²) in [4.78, 5) is 19.3. The highest BCUT2D eigenvalue weighted by Gasteiger charge is 2.24. The first kappa shape index (κ1) is 26.3. The lowest BCUT2D eigenvalue weighted by molar-refractivity contribution is 0.172. The summed E-state index contributed by atoms with van der Waals surface area (Å²) in [6.07, 6.45) is 6.36. The molecule has 208 valence electrons. The van der Waals surface area contributed by atoms with Gasteiger partial charge in [0, 0.05) is 50.2 Å². The van der Waals surface area contributed by atoms with Crippen molar-refractivity contribution in [2.75, 3.05) is 49.5 Å². The molecule has 0 atom stereocenters. The number of likely N-dealkylation sites (tertiary alicyclic amines) is 1. The monoisotopic (exact) mass is 540 g/mol. The van der Waals surface area contributed by atoms with Gasteiger partial charge in [-0.05, 0) is 81.1 Å². The number of aromatic nitrogens is 2. The number of piperazine rings is 1. The number of rotatable bonds is 5. The molecule has 0 aliphatic carbocycles. The molecule has 2 aliphatic rings. The average molecular weight is 541 g/mol. The Bertz CT molecular complexity index is 1470. The van der Waals surface area contributed by atoms with Gasteiger partial charge in [0.2, 0.25) is 0 Å². The van der Waals surface area contributed by atoms with Crippen LogP contribution in [0.25, 0.3) is 16.6 Å². The Morgan fingerprint density at radius 1 is 0.925 bits per heavy atom. The summed E-state index contributed by atoms with van der Waals surface area (Å²) in [7, 11) is 0. The second kappa shape index (κ2) is 11.3. The first-order chi connectivity index (χ1) is 19.5. The minimum absolute atomic E-state index is 0.205. The number of carbonyl (C=O) groups is 1. The van der Waals surface area contributed by atoms with E-state index in [0.29, 0.717) is 38.1 Å². The molecule has 2 aromatic carbocycles. The molecule has 0 saturated carbocycles. The number of nitrogens with zero attached hydrogens (tertiary/aromatic N) is 5. The second-order valence-electron chi connectivity index (χ2n) is 11.2. The van der Waals surface area contributed by atoms with E-state index in [2.05, 4.69) is 70.6 Å². The maximum Gasteiger partial charge on any atom is 0.322 e. The number of fused-ring (bicyclic) bond motifs is 1. The Morgan fingerprint density at radius 3 is 2.35 bits per heavy atom. The molecular formula is C32H37FN6O. The largest absolute Gasteiger partial charge is 0.366 e. The number of urea groups is 1. The fraction of sp³-hybridized carbons (Fsp3) is 0.375. The van der Waals surface area contributed by atoms with Crippen molar-refractivity contribution in [1.82, 2.24) is 19.4 Å². The van der Waals surface area contributed by atoms with Gasteiger partial charge < -0.3 is 20.0 Å². The lowest BCUT2D eigenvalue weighted by atomic mass is 9.88. The predicted octanol–water partition coefficient (Wildman–Crippen LogP) is 6.08. The summed E-state index contributed by atoms with van der Waals surface area (Å²) in [6.45, 7) is 9.41. The van der Waals surface area contributed by atoms with Crippen LogP contribution in [0.4, 0.5) is 20.6 Å². The molecule has 0 spiro atoms. The number of benzene rings is 2. The van der Waals surface area contributed by atoms with Crippen LogP contribution in [0.15, 0.2) is 73.1 Å². The fourth-order valence-electron chi connectivity index (χ4n) is 6.03. The van der Waals surface area contributed by atoms with Crippen molar-refractivity contribution >= 4 is 22.9 Å². The fourth-order valence-corrected chi connectivity index (χ4v) is 6.03. The minimum atomic E-state index is -0.431. The van der Waals surface area contributed by atoms with Crippen molar-refractivity contribution in [2.24, 2.45) is 0 Å². The zero-order valence-electron chi connectivity index (χ0n) is 23.3. The number of carbonyl (C=O) groups excluding carboxylic acids is 1. The quantitative estimate of drug-likeness (QED) is 0.333. The van der Waals surface area contributed by atoms with Crippen LogP contribution < -0.4 is 10.2 Å². The van der Waals surface area contributed by atoms with Crippen molar-refractivity contribution in [1.29, 1.82) is 0 Å². The lowest BCUT2D eigenvalue weighted by Crippen LogP contribution is -2.50. The summed E-state index contributed by atoms with van der Waals surface area (Å²) in [5.74, 6) is 0.206. The number of piperidine rings is 1. The molecule has 40 heavy (non-hydrogen) atoms. The summed E-state index contributed by atoms with van der Waals surface area (Å²) in [6, 6.07) is 19.9. The maximum atomic E-state index is 14.0. The van der Waals surface area contributed by atoms with E-state index in [9.17, 15) is 9.18 Å². The summed E-state index contributed by atoms with van der Waals surface area (Å²) < 4.78 is 15.9. The van der Waals surface area contributed by atoms with Gasteiger partial charge in [-0.15, -0.1) is 0 Å². The highest BCUT2D eigenvalue weighted by Crippen LogP contribution is 2.32. The van der Waals surface area contributed by atoms with E-state index in [4.69, 9.17) is 0 Å². The van der Waals surface area contributed by atoms with Crippen LogP contribution >= 0.6 is 0 Å². The standard InChI is InChI=1S/C32H37FN6O/c1-23(2)36-15-12-26(13-16-36)24-7-9-25(10-8-24)27-21-31-30(11-14-34-39(31)22-27)37-17-19-38(20-18-37)32(40)35-29-6-4-3-5-28(29)33/h3-11,14,21-23,26H,12-13,15-20H2,1-2H3,(H,35,40). The van der Waals surface area contributed by atoms with Crippen LogP contribution in [-0.4, -0.2) is 70.8 Å². The van der Waals surface area contributed by atoms with Crippen LogP contribution in [0.1, 0.15) is 38.2 Å². The molecule has 0 unspecified atom stereocenters. The van der Waals surface area contributed by atoms with Crippen molar-refractivity contribution in [3.05, 3.63) is 84.4 Å².